The van der Waals surface area contributed by atoms with Crippen molar-refractivity contribution in [3.63, 3.8) is 0 Å². The van der Waals surface area contributed by atoms with Crippen LogP contribution in [0, 0.1) is 0 Å². The number of amides is 2. The van der Waals surface area contributed by atoms with Crippen molar-refractivity contribution < 1.29 is 38.1 Å². The molecular formula is C35H47N5O8S. The summed E-state index contributed by atoms with van der Waals surface area (Å²) in [6.45, 7) is 14.5. The van der Waals surface area contributed by atoms with Gasteiger partial charge in [0, 0.05) is 6.54 Å². The number of anilines is 1. The number of methoxy groups -OCH3 is 1. The van der Waals surface area contributed by atoms with Crippen molar-refractivity contribution in [2.24, 2.45) is 0 Å². The Hall–Kier alpha value is -4.43. The van der Waals surface area contributed by atoms with Crippen LogP contribution < -0.4 is 10.1 Å². The molecule has 49 heavy (non-hydrogen) atoms. The second kappa shape index (κ2) is 16.3. The molecule has 4 rings (SSSR count). The summed E-state index contributed by atoms with van der Waals surface area (Å²) in [5, 5.41) is 12.0. The quantitative estimate of drug-likeness (QED) is 0.170. The van der Waals surface area contributed by atoms with Gasteiger partial charge in [-0.1, -0.05) is 60.7 Å². The molecule has 266 valence electrons. The summed E-state index contributed by atoms with van der Waals surface area (Å²) >= 11 is 1.23. The third-order valence-electron chi connectivity index (χ3n) is 7.37. The van der Waals surface area contributed by atoms with Crippen LogP contribution in [0.5, 0.6) is 5.75 Å². The summed E-state index contributed by atoms with van der Waals surface area (Å²) in [4.78, 5) is 43.4. The van der Waals surface area contributed by atoms with Crippen LogP contribution in [0.1, 0.15) is 64.6 Å². The predicted octanol–water partition coefficient (Wildman–Crippen LogP) is 6.67. The smallest absolute Gasteiger partial charge is 0.497 e. The number of nitrogens with one attached hydrogen (secondary N) is 1. The number of benzene rings is 2. The Labute approximate surface area is 291 Å². The molecule has 0 radical (unpaired) electrons. The first-order valence-electron chi connectivity index (χ1n) is 16.2. The van der Waals surface area contributed by atoms with E-state index in [1.807, 2.05) is 30.3 Å². The van der Waals surface area contributed by atoms with E-state index in [-0.39, 0.29) is 18.1 Å². The molecule has 1 N–H and O–H groups in total. The highest BCUT2D eigenvalue weighted by Gasteiger charge is 2.50. The summed E-state index contributed by atoms with van der Waals surface area (Å²) in [7, 11) is 1.57. The van der Waals surface area contributed by atoms with E-state index in [1.54, 1.807) is 60.8 Å². The van der Waals surface area contributed by atoms with E-state index < -0.39 is 47.8 Å². The molecule has 1 aliphatic heterocycles. The molecule has 0 bridgehead atoms. The zero-order valence-corrected chi connectivity index (χ0v) is 30.2. The highest BCUT2D eigenvalue weighted by atomic mass is 32.1. The number of hydrogen-bond acceptors (Lipinski definition) is 12. The highest BCUT2D eigenvalue weighted by Crippen LogP contribution is 2.31. The van der Waals surface area contributed by atoms with Crippen LogP contribution in [0.2, 0.25) is 0 Å². The molecule has 2 amide bonds. The van der Waals surface area contributed by atoms with E-state index >= 15 is 0 Å². The molecule has 1 saturated heterocycles. The Bertz CT molecular complexity index is 1540. The van der Waals surface area contributed by atoms with Gasteiger partial charge in [-0.05, 0) is 77.8 Å². The van der Waals surface area contributed by atoms with E-state index in [1.165, 1.54) is 21.8 Å². The lowest BCUT2D eigenvalue weighted by molar-refractivity contribution is -0.0503. The molecule has 0 saturated carbocycles. The molecule has 1 aromatic heterocycles. The van der Waals surface area contributed by atoms with Gasteiger partial charge in [0.05, 0.1) is 26.2 Å². The van der Waals surface area contributed by atoms with Gasteiger partial charge in [-0.3, -0.25) is 15.1 Å². The first-order valence-corrected chi connectivity index (χ1v) is 17.0. The fourth-order valence-electron chi connectivity index (χ4n) is 5.20. The third kappa shape index (κ3) is 11.6. The monoisotopic (exact) mass is 697 g/mol. The van der Waals surface area contributed by atoms with Crippen LogP contribution in [0.15, 0.2) is 54.6 Å². The average molecular weight is 698 g/mol. The predicted molar refractivity (Wildman–Crippen MR) is 185 cm³/mol. The first kappa shape index (κ1) is 37.4. The SMILES string of the molecule is CCN(Cc1ccccc1)Cc1nnc(NC(=O)O[C@@H]2[C@@H](OC(=O)OC(C)(C)C)CN(C(=O)OC(C)(C)C)[C@@H]2Cc2ccc(OC)cc2)s1. The maximum atomic E-state index is 13.5. The summed E-state index contributed by atoms with van der Waals surface area (Å²) in [5.74, 6) is 0.663. The minimum absolute atomic E-state index is 0.0931. The topological polar surface area (TPSA) is 142 Å². The summed E-state index contributed by atoms with van der Waals surface area (Å²) in [6, 6.07) is 16.7. The number of likely N-dealkylation sites (tertiary alicyclic amines) is 1. The van der Waals surface area contributed by atoms with Crippen LogP contribution >= 0.6 is 11.3 Å². The minimum Gasteiger partial charge on any atom is -0.497 e. The Morgan fingerprint density at radius 3 is 2.18 bits per heavy atom. The van der Waals surface area contributed by atoms with Crippen molar-refractivity contribution in [3.05, 3.63) is 70.7 Å². The molecule has 2 aromatic carbocycles. The second-order valence-electron chi connectivity index (χ2n) is 13.7. The maximum absolute atomic E-state index is 13.5. The number of hydrogen-bond donors (Lipinski definition) is 1. The summed E-state index contributed by atoms with van der Waals surface area (Å²) in [6.07, 6.45) is -4.32. The third-order valence-corrected chi connectivity index (χ3v) is 8.19. The standard InChI is InChI=1S/C35H47N5O8S/c1-9-39(20-24-13-11-10-12-14-24)22-28-37-38-30(49-28)36-31(41)46-29-26(19-23-15-17-25(44-8)18-16-23)40(32(42)47-34(2,3)4)21-27(29)45-33(43)48-35(5,6)7/h10-18,26-27,29H,9,19-22H2,1-8H3,(H,36,38,41)/t26-,27+,29+/m1/s1. The molecule has 14 heteroatoms. The molecule has 3 aromatic rings. The van der Waals surface area contributed by atoms with Crippen LogP contribution in [0.25, 0.3) is 0 Å². The number of nitrogens with zero attached hydrogens (tertiary/aromatic N) is 4. The maximum Gasteiger partial charge on any atom is 0.509 e. The molecule has 1 fully saturated rings. The lowest BCUT2D eigenvalue weighted by Crippen LogP contribution is -2.45. The number of carbonyl (C=O) groups excluding carboxylic acids is 3. The zero-order chi connectivity index (χ0) is 35.8. The first-order chi connectivity index (χ1) is 23.1. The fraction of sp³-hybridized carbons (Fsp3) is 0.514. The van der Waals surface area contributed by atoms with Crippen molar-refractivity contribution in [1.82, 2.24) is 20.0 Å². The lowest BCUT2D eigenvalue weighted by Gasteiger charge is -2.30. The van der Waals surface area contributed by atoms with Crippen LogP contribution in [-0.2, 0) is 38.5 Å². The van der Waals surface area contributed by atoms with Crippen molar-refractivity contribution in [2.75, 3.05) is 25.5 Å². The summed E-state index contributed by atoms with van der Waals surface area (Å²) < 4.78 is 28.1. The fourth-order valence-corrected chi connectivity index (χ4v) is 5.96. The number of ether oxygens (including phenoxy) is 5. The van der Waals surface area contributed by atoms with Gasteiger partial charge >= 0.3 is 18.3 Å². The van der Waals surface area contributed by atoms with Gasteiger partial charge < -0.3 is 23.7 Å². The molecule has 13 nitrogen and oxygen atoms in total. The largest absolute Gasteiger partial charge is 0.509 e. The minimum atomic E-state index is -1.09. The lowest BCUT2D eigenvalue weighted by atomic mass is 10.0. The van der Waals surface area contributed by atoms with E-state index in [0.29, 0.717) is 17.3 Å². The Kier molecular flexibility index (Phi) is 12.4. The van der Waals surface area contributed by atoms with Gasteiger partial charge in [0.15, 0.2) is 12.2 Å². The van der Waals surface area contributed by atoms with Gasteiger partial charge in [0.25, 0.3) is 0 Å². The average Bonchev–Trinajstić information content (AvgIpc) is 3.59. The normalized spacial score (nSPS) is 17.8. The van der Waals surface area contributed by atoms with Gasteiger partial charge in [0.1, 0.15) is 22.0 Å². The molecule has 1 aliphatic rings. The zero-order valence-electron chi connectivity index (χ0n) is 29.4. The van der Waals surface area contributed by atoms with E-state index in [0.717, 1.165) is 18.7 Å². The molecule has 2 heterocycles. The highest BCUT2D eigenvalue weighted by molar-refractivity contribution is 7.15. The van der Waals surface area contributed by atoms with Crippen molar-refractivity contribution in [2.45, 2.75) is 97.4 Å². The van der Waals surface area contributed by atoms with E-state index in [2.05, 4.69) is 39.5 Å². The van der Waals surface area contributed by atoms with Crippen LogP contribution in [0.3, 0.4) is 0 Å². The van der Waals surface area contributed by atoms with Crippen molar-refractivity contribution in [3.8, 4) is 5.75 Å². The van der Waals surface area contributed by atoms with Gasteiger partial charge in [-0.15, -0.1) is 10.2 Å². The van der Waals surface area contributed by atoms with Crippen molar-refractivity contribution in [1.29, 1.82) is 0 Å². The Morgan fingerprint density at radius 1 is 0.898 bits per heavy atom. The van der Waals surface area contributed by atoms with Gasteiger partial charge in [-0.2, -0.15) is 0 Å². The van der Waals surface area contributed by atoms with Gasteiger partial charge in [0.2, 0.25) is 5.13 Å². The molecule has 0 aliphatic carbocycles. The molecule has 3 atom stereocenters. The van der Waals surface area contributed by atoms with Crippen LogP contribution in [-0.4, -0.2) is 88.0 Å². The number of carbonyl (C=O) groups is 3. The second-order valence-corrected chi connectivity index (χ2v) is 14.7. The summed E-state index contributed by atoms with van der Waals surface area (Å²) in [5.41, 5.74) is 0.376. The Balaban J connectivity index is 1.54. The molecule has 0 unspecified atom stereocenters. The molecular weight excluding hydrogens is 650 g/mol. The van der Waals surface area contributed by atoms with E-state index in [9.17, 15) is 14.4 Å². The number of rotatable bonds is 11. The van der Waals surface area contributed by atoms with Gasteiger partial charge in [-0.25, -0.2) is 14.4 Å². The van der Waals surface area contributed by atoms with Crippen LogP contribution in [0.4, 0.5) is 19.5 Å². The molecule has 0 spiro atoms. The van der Waals surface area contributed by atoms with Crippen molar-refractivity contribution >= 4 is 34.8 Å². The van der Waals surface area contributed by atoms with E-state index in [4.69, 9.17) is 23.7 Å². The Morgan fingerprint density at radius 2 is 1.57 bits per heavy atom. The number of aromatic nitrogens is 2.